The van der Waals surface area contributed by atoms with E-state index >= 15 is 0 Å². The highest BCUT2D eigenvalue weighted by Gasteiger charge is 2.44. The zero-order chi connectivity index (χ0) is 42.6. The van der Waals surface area contributed by atoms with E-state index in [-0.39, 0.29) is 47.5 Å². The molecule has 2 N–H and O–H groups in total. The van der Waals surface area contributed by atoms with Gasteiger partial charge in [-0.05, 0) is 64.9 Å². The van der Waals surface area contributed by atoms with Gasteiger partial charge in [0.05, 0.1) is 38.2 Å². The van der Waals surface area contributed by atoms with Gasteiger partial charge >= 0.3 is 0 Å². The third-order valence-corrected chi connectivity index (χ3v) is 11.3. The predicted molar refractivity (Wildman–Crippen MR) is 221 cm³/mol. The smallest absolute Gasteiger partial charge is 0.280 e. The molecule has 0 radical (unpaired) electrons. The van der Waals surface area contributed by atoms with Crippen LogP contribution < -0.4 is 29.8 Å². The number of nitrogens with one attached hydrogen (secondary N) is 2. The van der Waals surface area contributed by atoms with Gasteiger partial charge in [0.1, 0.15) is 35.2 Å². The van der Waals surface area contributed by atoms with Gasteiger partial charge in [-0.25, -0.2) is 4.98 Å². The van der Waals surface area contributed by atoms with E-state index in [4.69, 9.17) is 39.8 Å². The van der Waals surface area contributed by atoms with E-state index in [1.165, 1.54) is 35.2 Å². The molecule has 0 spiro atoms. The van der Waals surface area contributed by atoms with Crippen LogP contribution in [0.3, 0.4) is 0 Å². The van der Waals surface area contributed by atoms with Crippen LogP contribution in [-0.2, 0) is 36.2 Å². The lowest BCUT2D eigenvalue weighted by Gasteiger charge is -2.38. The first-order valence-corrected chi connectivity index (χ1v) is 21.2. The predicted octanol–water partition coefficient (Wildman–Crippen LogP) is 5.98. The van der Waals surface area contributed by atoms with Gasteiger partial charge in [0.15, 0.2) is 17.9 Å². The lowest BCUT2D eigenvalue weighted by molar-refractivity contribution is -0.384. The van der Waals surface area contributed by atoms with Crippen LogP contribution in [0.15, 0.2) is 114 Å². The molecule has 0 saturated carbocycles. The summed E-state index contributed by atoms with van der Waals surface area (Å²) in [4.78, 5) is 61.5. The number of imidazole rings is 1. The van der Waals surface area contributed by atoms with E-state index in [0.29, 0.717) is 11.5 Å². The van der Waals surface area contributed by atoms with Crippen LogP contribution in [0.2, 0.25) is 0 Å². The molecular formula is C41H40N6O11PS-. The fourth-order valence-corrected chi connectivity index (χ4v) is 8.38. The summed E-state index contributed by atoms with van der Waals surface area (Å²) in [5.41, 5.74) is 0.250. The number of anilines is 1. The van der Waals surface area contributed by atoms with Crippen LogP contribution in [0.5, 0.6) is 17.2 Å². The highest BCUT2D eigenvalue weighted by Crippen LogP contribution is 2.48. The van der Waals surface area contributed by atoms with Gasteiger partial charge in [-0.2, -0.15) is 4.98 Å². The minimum atomic E-state index is -4.38. The number of hydrogen-bond acceptors (Lipinski definition) is 14. The highest BCUT2D eigenvalue weighted by atomic mass is 32.5. The van der Waals surface area contributed by atoms with Crippen molar-refractivity contribution in [2.45, 2.75) is 44.3 Å². The summed E-state index contributed by atoms with van der Waals surface area (Å²) in [6.45, 7) is -1.17. The lowest BCUT2D eigenvalue weighted by atomic mass is 9.80. The number of nitrogens with zero attached hydrogens (tertiary/aromatic N) is 4. The number of methoxy groups -OCH3 is 2. The molecule has 4 atom stereocenters. The van der Waals surface area contributed by atoms with Gasteiger partial charge in [-0.15, -0.1) is 0 Å². The molecule has 17 nitrogen and oxygen atoms in total. The van der Waals surface area contributed by atoms with Gasteiger partial charge < -0.3 is 32.9 Å². The molecule has 3 heterocycles. The van der Waals surface area contributed by atoms with Crippen molar-refractivity contribution in [2.75, 3.05) is 26.1 Å². The van der Waals surface area contributed by atoms with Gasteiger partial charge in [0.25, 0.3) is 11.2 Å². The van der Waals surface area contributed by atoms with E-state index < -0.39 is 47.2 Å². The summed E-state index contributed by atoms with van der Waals surface area (Å²) in [5, 5.41) is 13.8. The molecule has 4 aromatic carbocycles. The Morgan fingerprint density at radius 2 is 1.55 bits per heavy atom. The molecule has 1 aliphatic heterocycles. The van der Waals surface area contributed by atoms with E-state index in [0.717, 1.165) is 16.7 Å². The van der Waals surface area contributed by atoms with Crippen molar-refractivity contribution in [2.24, 2.45) is 5.92 Å². The van der Waals surface area contributed by atoms with E-state index in [1.54, 1.807) is 28.1 Å². The second-order valence-electron chi connectivity index (χ2n) is 14.0. The molecule has 19 heteroatoms. The largest absolute Gasteiger partial charge is 0.770 e. The number of nitro groups is 1. The number of carbonyl (C=O) groups is 1. The summed E-state index contributed by atoms with van der Waals surface area (Å²) < 4.78 is 37.9. The van der Waals surface area contributed by atoms with Crippen LogP contribution in [0.25, 0.3) is 11.2 Å². The lowest BCUT2D eigenvalue weighted by Crippen LogP contribution is -2.38. The zero-order valence-corrected chi connectivity index (χ0v) is 34.5. The van der Waals surface area contributed by atoms with Crippen molar-refractivity contribution in [1.29, 1.82) is 0 Å². The number of benzene rings is 4. The molecule has 7 rings (SSSR count). The number of aromatic nitrogens is 4. The van der Waals surface area contributed by atoms with Crippen LogP contribution in [0, 0.1) is 16.0 Å². The van der Waals surface area contributed by atoms with E-state index in [1.807, 2.05) is 78.9 Å². The minimum Gasteiger partial charge on any atom is -0.770 e. The van der Waals surface area contributed by atoms with Gasteiger partial charge in [-0.3, -0.25) is 34.6 Å². The minimum absolute atomic E-state index is 0.00465. The standard InChI is InChI=1S/C41H41N6O11PS/c1-25(2)38(48)44-40-43-37-36(39(49)45-40)42-24-46(37)35-22-33(58-59(52,60)57-32-20-14-29(15-21-32)47(50)51)34(56-35)23-55-41(26-8-6-5-7-9-26,27-10-16-30(53-3)17-11-27)28-12-18-31(54-4)19-13-28/h5-21,24-25,33-35H,22-23H2,1-4H3,(H,52,60)(H2,43,44,45,48,49)/p-1/t33-,34+,35+,59?/m0/s1. The first-order chi connectivity index (χ1) is 28.8. The van der Waals surface area contributed by atoms with Crippen LogP contribution in [-0.4, -0.2) is 63.4 Å². The van der Waals surface area contributed by atoms with Crippen LogP contribution >= 0.6 is 6.72 Å². The Hall–Kier alpha value is -6.01. The number of hydrogen-bond donors (Lipinski definition) is 2. The van der Waals surface area contributed by atoms with Crippen LogP contribution in [0.1, 0.15) is 43.2 Å². The Bertz CT molecular complexity index is 2520. The molecule has 1 unspecified atom stereocenters. The molecule has 1 fully saturated rings. The highest BCUT2D eigenvalue weighted by molar-refractivity contribution is 8.06. The second kappa shape index (κ2) is 17.7. The summed E-state index contributed by atoms with van der Waals surface area (Å²) >= 11 is 5.38. The summed E-state index contributed by atoms with van der Waals surface area (Å²) in [7, 11) is 3.16. The Labute approximate surface area is 348 Å². The maximum atomic E-state index is 13.9. The van der Waals surface area contributed by atoms with E-state index in [2.05, 4.69) is 20.3 Å². The number of amides is 1. The van der Waals surface area contributed by atoms with Crippen molar-refractivity contribution < 1.29 is 42.6 Å². The quantitative estimate of drug-likeness (QED) is 0.0496. The normalized spacial score (nSPS) is 17.6. The molecule has 1 amide bonds. The summed E-state index contributed by atoms with van der Waals surface area (Å²) in [6.07, 6.45) is -1.62. The van der Waals surface area contributed by atoms with E-state index in [9.17, 15) is 24.6 Å². The molecule has 60 heavy (non-hydrogen) atoms. The number of rotatable bonds is 16. The number of carbonyl (C=O) groups excluding carboxylic acids is 1. The molecule has 0 aliphatic carbocycles. The molecule has 2 aromatic heterocycles. The Balaban J connectivity index is 1.28. The number of ether oxygens (including phenoxy) is 4. The molecule has 312 valence electrons. The maximum Gasteiger partial charge on any atom is 0.280 e. The summed E-state index contributed by atoms with van der Waals surface area (Å²) in [6, 6.07) is 29.4. The van der Waals surface area contributed by atoms with Gasteiger partial charge in [-0.1, -0.05) is 68.4 Å². The first kappa shape index (κ1) is 42.1. The second-order valence-corrected chi connectivity index (χ2v) is 16.6. The van der Waals surface area contributed by atoms with Crippen LogP contribution in [0.4, 0.5) is 11.6 Å². The monoisotopic (exact) mass is 855 g/mol. The van der Waals surface area contributed by atoms with Crippen molar-refractivity contribution in [3.63, 3.8) is 0 Å². The van der Waals surface area contributed by atoms with Crippen molar-refractivity contribution in [1.82, 2.24) is 19.5 Å². The molecule has 6 aromatic rings. The van der Waals surface area contributed by atoms with Crippen molar-refractivity contribution >= 4 is 47.2 Å². The molecule has 0 bridgehead atoms. The number of fused-ring (bicyclic) bond motifs is 1. The summed E-state index contributed by atoms with van der Waals surface area (Å²) in [5.74, 6) is 0.408. The van der Waals surface area contributed by atoms with Gasteiger partial charge in [0.2, 0.25) is 11.9 Å². The number of H-pyrrole nitrogens is 1. The number of non-ortho nitro benzene ring substituents is 1. The number of aromatic amines is 1. The SMILES string of the molecule is COc1ccc(C(OC[C@H]2O[C@@H](n3cnc4c(=O)[nH]c(NC(=O)C(C)C)nc43)C[C@@H]2OP([O-])(=S)Oc2ccc([N+](=O)[O-])cc2)(c2ccccc2)c2ccc(OC)cc2)cc1. The van der Waals surface area contributed by atoms with Crippen molar-refractivity contribution in [3.05, 3.63) is 147 Å². The maximum absolute atomic E-state index is 13.9. The average Bonchev–Trinajstić information content (AvgIpc) is 3.85. The van der Waals surface area contributed by atoms with Crippen molar-refractivity contribution in [3.8, 4) is 17.2 Å². The molecule has 1 aliphatic rings. The fourth-order valence-electron chi connectivity index (χ4n) is 6.82. The zero-order valence-electron chi connectivity index (χ0n) is 32.8. The van der Waals surface area contributed by atoms with Gasteiger partial charge in [0, 0.05) is 24.5 Å². The first-order valence-electron chi connectivity index (χ1n) is 18.7. The average molecular weight is 856 g/mol. The Morgan fingerprint density at radius 3 is 2.12 bits per heavy atom. The Kier molecular flexibility index (Phi) is 12.4. The molecule has 1 saturated heterocycles. The Morgan fingerprint density at radius 1 is 0.967 bits per heavy atom. The molecular weight excluding hydrogens is 816 g/mol. The fraction of sp³-hybridized carbons (Fsp3) is 0.268. The number of nitro benzene ring substituents is 1. The third-order valence-electron chi connectivity index (χ3n) is 9.86. The third kappa shape index (κ3) is 8.94. The topological polar surface area (TPSA) is 214 Å².